The molecule has 0 aromatic heterocycles. The normalized spacial score (nSPS) is 24.8. The smallest absolute Gasteiger partial charge is 0.243 e. The highest BCUT2D eigenvalue weighted by Crippen LogP contribution is 2.33. The molecule has 1 atom stereocenters. The van der Waals surface area contributed by atoms with Crippen LogP contribution in [0, 0.1) is 0 Å². The van der Waals surface area contributed by atoms with Crippen molar-refractivity contribution in [3.8, 4) is 0 Å². The van der Waals surface area contributed by atoms with Crippen LogP contribution in [0.2, 0.25) is 0 Å². The van der Waals surface area contributed by atoms with Crippen LogP contribution >= 0.6 is 0 Å². The molecule has 0 amide bonds. The first-order valence-electron chi connectivity index (χ1n) is 4.78. The zero-order valence-corrected chi connectivity index (χ0v) is 9.58. The minimum Gasteiger partial charge on any atom is -0.399 e. The Morgan fingerprint density at radius 2 is 2.13 bits per heavy atom. The first-order valence-corrected chi connectivity index (χ1v) is 6.22. The maximum atomic E-state index is 11.9. The number of likely N-dealkylation sites (N-methyl/N-ethyl adjacent to an activating group) is 1. The van der Waals surface area contributed by atoms with Gasteiger partial charge in [0.25, 0.3) is 0 Å². The van der Waals surface area contributed by atoms with E-state index in [1.54, 1.807) is 25.2 Å². The van der Waals surface area contributed by atoms with Crippen molar-refractivity contribution in [2.45, 2.75) is 17.7 Å². The molecule has 1 aromatic carbocycles. The zero-order valence-electron chi connectivity index (χ0n) is 8.77. The monoisotopic (exact) mass is 226 g/mol. The Morgan fingerprint density at radius 1 is 1.47 bits per heavy atom. The number of nitrogens with two attached hydrogens (primary N) is 1. The second-order valence-electron chi connectivity index (χ2n) is 3.98. The first-order chi connectivity index (χ1) is 6.93. The standard InChI is InChI=1S/C10H14N2O2S/c1-7-6-12(2)15(13,14)10-4-3-8(11)5-9(7)10/h3-5,7H,6,11H2,1-2H3. The number of fused-ring (bicyclic) bond motifs is 1. The Kier molecular flexibility index (Phi) is 2.24. The highest BCUT2D eigenvalue weighted by molar-refractivity contribution is 7.89. The van der Waals surface area contributed by atoms with Gasteiger partial charge in [0, 0.05) is 19.3 Å². The lowest BCUT2D eigenvalue weighted by Gasteiger charge is -2.29. The Labute approximate surface area is 89.7 Å². The van der Waals surface area contributed by atoms with E-state index in [0.29, 0.717) is 17.1 Å². The number of hydrogen-bond donors (Lipinski definition) is 1. The van der Waals surface area contributed by atoms with Gasteiger partial charge < -0.3 is 5.73 Å². The van der Waals surface area contributed by atoms with Crippen molar-refractivity contribution in [1.29, 1.82) is 0 Å². The fourth-order valence-electron chi connectivity index (χ4n) is 1.94. The average molecular weight is 226 g/mol. The fraction of sp³-hybridized carbons (Fsp3) is 0.400. The van der Waals surface area contributed by atoms with Crippen LogP contribution in [-0.4, -0.2) is 26.3 Å². The molecular formula is C10H14N2O2S. The first kappa shape index (κ1) is 10.4. The number of hydrogen-bond acceptors (Lipinski definition) is 3. The van der Waals surface area contributed by atoms with E-state index in [-0.39, 0.29) is 5.92 Å². The third kappa shape index (κ3) is 1.52. The minimum atomic E-state index is -3.29. The number of nitrogens with zero attached hydrogens (tertiary/aromatic N) is 1. The maximum absolute atomic E-state index is 11.9. The molecule has 1 aromatic rings. The van der Waals surface area contributed by atoms with Crippen LogP contribution in [0.25, 0.3) is 0 Å². The van der Waals surface area contributed by atoms with E-state index in [4.69, 9.17) is 5.73 Å². The van der Waals surface area contributed by atoms with Crippen molar-refractivity contribution in [3.63, 3.8) is 0 Å². The Morgan fingerprint density at radius 3 is 2.80 bits per heavy atom. The van der Waals surface area contributed by atoms with Crippen molar-refractivity contribution in [2.75, 3.05) is 19.3 Å². The summed E-state index contributed by atoms with van der Waals surface area (Å²) in [5.41, 5.74) is 7.10. The molecule has 2 N–H and O–H groups in total. The van der Waals surface area contributed by atoms with Gasteiger partial charge in [-0.3, -0.25) is 0 Å². The largest absolute Gasteiger partial charge is 0.399 e. The Balaban J connectivity index is 2.70. The van der Waals surface area contributed by atoms with Crippen LogP contribution in [0.5, 0.6) is 0 Å². The van der Waals surface area contributed by atoms with Gasteiger partial charge in [-0.05, 0) is 29.7 Å². The van der Waals surface area contributed by atoms with E-state index in [1.165, 1.54) is 4.31 Å². The zero-order chi connectivity index (χ0) is 11.2. The van der Waals surface area contributed by atoms with Crippen molar-refractivity contribution in [3.05, 3.63) is 23.8 Å². The van der Waals surface area contributed by atoms with Crippen molar-refractivity contribution < 1.29 is 8.42 Å². The summed E-state index contributed by atoms with van der Waals surface area (Å²) in [5, 5.41) is 0. The lowest BCUT2D eigenvalue weighted by molar-refractivity contribution is 0.427. The molecule has 1 heterocycles. The van der Waals surface area contributed by atoms with Crippen molar-refractivity contribution in [1.82, 2.24) is 4.31 Å². The molecule has 1 aliphatic rings. The van der Waals surface area contributed by atoms with E-state index in [0.717, 1.165) is 5.56 Å². The molecule has 0 radical (unpaired) electrons. The number of nitrogen functional groups attached to an aromatic ring is 1. The average Bonchev–Trinajstić information content (AvgIpc) is 2.15. The summed E-state index contributed by atoms with van der Waals surface area (Å²) in [6, 6.07) is 4.97. The third-order valence-electron chi connectivity index (χ3n) is 2.78. The van der Waals surface area contributed by atoms with E-state index in [2.05, 4.69) is 0 Å². The van der Waals surface area contributed by atoms with E-state index in [1.807, 2.05) is 6.92 Å². The molecule has 0 bridgehead atoms. The topological polar surface area (TPSA) is 63.4 Å². The maximum Gasteiger partial charge on any atom is 0.243 e. The van der Waals surface area contributed by atoms with Crippen molar-refractivity contribution in [2.24, 2.45) is 0 Å². The van der Waals surface area contributed by atoms with Crippen molar-refractivity contribution >= 4 is 15.7 Å². The van der Waals surface area contributed by atoms with E-state index in [9.17, 15) is 8.42 Å². The van der Waals surface area contributed by atoms with Gasteiger partial charge in [-0.2, -0.15) is 0 Å². The Hall–Kier alpha value is -1.07. The molecule has 0 aliphatic carbocycles. The second kappa shape index (κ2) is 3.21. The van der Waals surface area contributed by atoms with Crippen LogP contribution in [0.1, 0.15) is 18.4 Å². The third-order valence-corrected chi connectivity index (χ3v) is 4.68. The van der Waals surface area contributed by atoms with Gasteiger partial charge in [0.1, 0.15) is 0 Å². The number of anilines is 1. The number of benzene rings is 1. The predicted molar refractivity (Wildman–Crippen MR) is 59.1 cm³/mol. The predicted octanol–water partition coefficient (Wildman–Crippen LogP) is 1.01. The van der Waals surface area contributed by atoms with Crippen LogP contribution in [-0.2, 0) is 10.0 Å². The summed E-state index contributed by atoms with van der Waals surface area (Å²) in [6.07, 6.45) is 0. The van der Waals surface area contributed by atoms with Gasteiger partial charge in [0.15, 0.2) is 0 Å². The quantitative estimate of drug-likeness (QED) is 0.671. The molecule has 82 valence electrons. The van der Waals surface area contributed by atoms with E-state index < -0.39 is 10.0 Å². The minimum absolute atomic E-state index is 0.192. The van der Waals surface area contributed by atoms with Gasteiger partial charge in [-0.15, -0.1) is 0 Å². The molecule has 0 fully saturated rings. The molecule has 2 rings (SSSR count). The molecule has 1 aliphatic heterocycles. The molecule has 0 saturated heterocycles. The summed E-state index contributed by atoms with van der Waals surface area (Å²) in [5.74, 6) is 0.192. The highest BCUT2D eigenvalue weighted by atomic mass is 32.2. The van der Waals surface area contributed by atoms with Gasteiger partial charge in [-0.25, -0.2) is 12.7 Å². The molecule has 15 heavy (non-hydrogen) atoms. The molecular weight excluding hydrogens is 212 g/mol. The highest BCUT2D eigenvalue weighted by Gasteiger charge is 2.32. The van der Waals surface area contributed by atoms with E-state index >= 15 is 0 Å². The molecule has 5 heteroatoms. The van der Waals surface area contributed by atoms with Crippen LogP contribution in [0.15, 0.2) is 23.1 Å². The second-order valence-corrected chi connectivity index (χ2v) is 6.00. The SMILES string of the molecule is CC1CN(C)S(=O)(=O)c2ccc(N)cc21. The fourth-order valence-corrected chi connectivity index (χ4v) is 3.49. The summed E-state index contributed by atoms with van der Waals surface area (Å²) < 4.78 is 25.3. The molecule has 4 nitrogen and oxygen atoms in total. The van der Waals surface area contributed by atoms with Gasteiger partial charge in [-0.1, -0.05) is 6.92 Å². The molecule has 0 spiro atoms. The van der Waals surface area contributed by atoms with Crippen LogP contribution < -0.4 is 5.73 Å². The number of rotatable bonds is 0. The summed E-state index contributed by atoms with van der Waals surface area (Å²) in [4.78, 5) is 0.387. The summed E-state index contributed by atoms with van der Waals surface area (Å²) in [6.45, 7) is 2.52. The van der Waals surface area contributed by atoms with Crippen LogP contribution in [0.4, 0.5) is 5.69 Å². The van der Waals surface area contributed by atoms with Gasteiger partial charge in [0.05, 0.1) is 4.90 Å². The molecule has 1 unspecified atom stereocenters. The van der Waals surface area contributed by atoms with Gasteiger partial charge >= 0.3 is 0 Å². The summed E-state index contributed by atoms with van der Waals surface area (Å²) >= 11 is 0. The molecule has 0 saturated carbocycles. The summed E-state index contributed by atoms with van der Waals surface area (Å²) in [7, 11) is -1.69. The van der Waals surface area contributed by atoms with Gasteiger partial charge in [0.2, 0.25) is 10.0 Å². The van der Waals surface area contributed by atoms with Crippen LogP contribution in [0.3, 0.4) is 0 Å². The lowest BCUT2D eigenvalue weighted by atomic mass is 10.0. The lowest BCUT2D eigenvalue weighted by Crippen LogP contribution is -2.35. The Bertz CT molecular complexity index is 496. The number of sulfonamides is 1.